The van der Waals surface area contributed by atoms with Crippen molar-refractivity contribution in [3.63, 3.8) is 0 Å². The molecule has 0 unspecified atom stereocenters. The van der Waals surface area contributed by atoms with Crippen LogP contribution in [0.25, 0.3) is 0 Å². The molecule has 1 aromatic rings. The second kappa shape index (κ2) is 5.39. The normalized spacial score (nSPS) is 17.3. The van der Waals surface area contributed by atoms with Crippen molar-refractivity contribution in [1.29, 1.82) is 0 Å². The molecule has 4 nitrogen and oxygen atoms in total. The average Bonchev–Trinajstić information content (AvgIpc) is 2.85. The van der Waals surface area contributed by atoms with Gasteiger partial charge in [-0.25, -0.2) is 0 Å². The second-order valence-corrected chi connectivity index (χ2v) is 5.27. The quantitative estimate of drug-likeness (QED) is 0.863. The Morgan fingerprint density at radius 2 is 1.84 bits per heavy atom. The minimum Gasteiger partial charge on any atom is -0.492 e. The predicted octanol–water partition coefficient (Wildman–Crippen LogP) is 2.90. The number of ether oxygens (including phenoxy) is 2. The molecule has 5 heteroatoms. The van der Waals surface area contributed by atoms with Crippen LogP contribution in [0.5, 0.6) is 11.5 Å². The molecule has 0 bridgehead atoms. The van der Waals surface area contributed by atoms with Crippen LogP contribution in [0.2, 0.25) is 5.02 Å². The topological polar surface area (TPSA) is 61.5 Å². The van der Waals surface area contributed by atoms with Crippen LogP contribution in [0.1, 0.15) is 41.6 Å². The van der Waals surface area contributed by atoms with Gasteiger partial charge in [0.2, 0.25) is 0 Å². The highest BCUT2D eigenvalue weighted by Gasteiger charge is 2.36. The molecule has 19 heavy (non-hydrogen) atoms. The van der Waals surface area contributed by atoms with E-state index in [-0.39, 0.29) is 0 Å². The highest BCUT2D eigenvalue weighted by atomic mass is 35.5. The molecular weight excluding hydrogens is 266 g/mol. The van der Waals surface area contributed by atoms with E-state index in [1.54, 1.807) is 13.2 Å². The summed E-state index contributed by atoms with van der Waals surface area (Å²) < 4.78 is 10.7. The minimum absolute atomic E-state index is 0.298. The third-order valence-electron chi connectivity index (χ3n) is 3.78. The van der Waals surface area contributed by atoms with Crippen LogP contribution >= 0.6 is 11.6 Å². The van der Waals surface area contributed by atoms with E-state index < -0.39 is 5.54 Å². The summed E-state index contributed by atoms with van der Waals surface area (Å²) in [7, 11) is 3.03. The van der Waals surface area contributed by atoms with Gasteiger partial charge in [0.15, 0.2) is 17.8 Å². The molecule has 1 aliphatic rings. The molecule has 1 saturated carbocycles. The van der Waals surface area contributed by atoms with Crippen molar-refractivity contribution in [3.8, 4) is 11.5 Å². The van der Waals surface area contributed by atoms with Gasteiger partial charge in [-0.05, 0) is 18.9 Å². The molecule has 2 rings (SSSR count). The summed E-state index contributed by atoms with van der Waals surface area (Å²) in [5, 5.41) is 0.347. The van der Waals surface area contributed by atoms with Gasteiger partial charge in [0.1, 0.15) is 0 Å². The van der Waals surface area contributed by atoms with Gasteiger partial charge in [-0.2, -0.15) is 0 Å². The fourth-order valence-electron chi connectivity index (χ4n) is 2.78. The summed E-state index contributed by atoms with van der Waals surface area (Å²) in [5.41, 5.74) is 7.12. The van der Waals surface area contributed by atoms with Crippen LogP contribution in [0, 0.1) is 0 Å². The van der Waals surface area contributed by atoms with Gasteiger partial charge in [0, 0.05) is 11.1 Å². The Kier molecular flexibility index (Phi) is 4.02. The molecule has 2 N–H and O–H groups in total. The van der Waals surface area contributed by atoms with E-state index in [1.807, 2.05) is 0 Å². The fourth-order valence-corrected chi connectivity index (χ4v) is 3.02. The summed E-state index contributed by atoms with van der Waals surface area (Å²) in [6.07, 6.45) is 4.59. The van der Waals surface area contributed by atoms with Crippen LogP contribution in [-0.2, 0) is 5.54 Å². The van der Waals surface area contributed by atoms with Crippen LogP contribution in [0.4, 0.5) is 0 Å². The Balaban J connectivity index is 2.67. The molecule has 0 spiro atoms. The number of rotatable bonds is 4. The first-order valence-electron chi connectivity index (χ1n) is 6.26. The molecule has 0 amide bonds. The lowest BCUT2D eigenvalue weighted by molar-refractivity contribution is 0.112. The number of nitrogens with two attached hydrogens (primary N) is 1. The summed E-state index contributed by atoms with van der Waals surface area (Å²) in [4.78, 5) is 11.1. The van der Waals surface area contributed by atoms with E-state index in [1.165, 1.54) is 7.11 Å². The lowest BCUT2D eigenvalue weighted by Gasteiger charge is -2.28. The van der Waals surface area contributed by atoms with Crippen LogP contribution in [-0.4, -0.2) is 20.5 Å². The SMILES string of the molecule is COc1c(C2(N)CCCC2)cc(Cl)c(C=O)c1OC. The Hall–Kier alpha value is -1.26. The molecule has 0 atom stereocenters. The Bertz CT molecular complexity index is 496. The molecule has 1 aliphatic carbocycles. The van der Waals surface area contributed by atoms with Gasteiger partial charge in [0.05, 0.1) is 24.8 Å². The van der Waals surface area contributed by atoms with E-state index in [9.17, 15) is 4.79 Å². The predicted molar refractivity (Wildman–Crippen MR) is 74.3 cm³/mol. The van der Waals surface area contributed by atoms with Crippen molar-refractivity contribution >= 4 is 17.9 Å². The summed E-state index contributed by atoms with van der Waals surface area (Å²) >= 11 is 6.16. The highest BCUT2D eigenvalue weighted by molar-refractivity contribution is 6.33. The number of methoxy groups -OCH3 is 2. The molecule has 0 radical (unpaired) electrons. The first kappa shape index (κ1) is 14.2. The number of carbonyl (C=O) groups excluding carboxylic acids is 1. The highest BCUT2D eigenvalue weighted by Crippen LogP contribution is 2.47. The number of hydrogen-bond acceptors (Lipinski definition) is 4. The summed E-state index contributed by atoms with van der Waals surface area (Å²) in [6.45, 7) is 0. The summed E-state index contributed by atoms with van der Waals surface area (Å²) in [6, 6.07) is 1.73. The molecule has 1 aromatic carbocycles. The smallest absolute Gasteiger partial charge is 0.173 e. The van der Waals surface area contributed by atoms with Crippen molar-refractivity contribution in [3.05, 3.63) is 22.2 Å². The van der Waals surface area contributed by atoms with Crippen LogP contribution < -0.4 is 15.2 Å². The van der Waals surface area contributed by atoms with Crippen molar-refractivity contribution in [2.45, 2.75) is 31.2 Å². The number of benzene rings is 1. The average molecular weight is 284 g/mol. The standard InChI is InChI=1S/C14H18ClNO3/c1-18-12-9(8-17)11(15)7-10(13(12)19-2)14(16)5-3-4-6-14/h7-8H,3-6,16H2,1-2H3. The van der Waals surface area contributed by atoms with Gasteiger partial charge < -0.3 is 15.2 Å². The number of aldehydes is 1. The van der Waals surface area contributed by atoms with E-state index in [4.69, 9.17) is 26.8 Å². The Morgan fingerprint density at radius 3 is 2.32 bits per heavy atom. The first-order valence-corrected chi connectivity index (χ1v) is 6.64. The zero-order valence-corrected chi connectivity index (χ0v) is 11.9. The van der Waals surface area contributed by atoms with E-state index in [0.29, 0.717) is 28.4 Å². The monoisotopic (exact) mass is 283 g/mol. The molecule has 0 heterocycles. The zero-order valence-electron chi connectivity index (χ0n) is 11.2. The zero-order chi connectivity index (χ0) is 14.0. The Labute approximate surface area is 117 Å². The van der Waals surface area contributed by atoms with Crippen molar-refractivity contribution < 1.29 is 14.3 Å². The maximum Gasteiger partial charge on any atom is 0.173 e. The second-order valence-electron chi connectivity index (χ2n) is 4.87. The molecule has 0 aromatic heterocycles. The molecule has 0 aliphatic heterocycles. The largest absolute Gasteiger partial charge is 0.492 e. The number of carbonyl (C=O) groups is 1. The van der Waals surface area contributed by atoms with Crippen molar-refractivity contribution in [1.82, 2.24) is 0 Å². The van der Waals surface area contributed by atoms with Gasteiger partial charge >= 0.3 is 0 Å². The summed E-state index contributed by atoms with van der Waals surface area (Å²) in [5.74, 6) is 0.870. The maximum atomic E-state index is 11.1. The minimum atomic E-state index is -0.455. The molecular formula is C14H18ClNO3. The third-order valence-corrected chi connectivity index (χ3v) is 4.09. The molecule has 0 saturated heterocycles. The lowest BCUT2D eigenvalue weighted by Crippen LogP contribution is -2.33. The van der Waals surface area contributed by atoms with Gasteiger partial charge in [-0.15, -0.1) is 0 Å². The van der Waals surface area contributed by atoms with Crippen LogP contribution in [0.3, 0.4) is 0 Å². The van der Waals surface area contributed by atoms with Gasteiger partial charge in [-0.3, -0.25) is 4.79 Å². The number of halogens is 1. The fraction of sp³-hybridized carbons (Fsp3) is 0.500. The molecule has 104 valence electrons. The maximum absolute atomic E-state index is 11.1. The van der Waals surface area contributed by atoms with Gasteiger partial charge in [0.25, 0.3) is 0 Å². The van der Waals surface area contributed by atoms with E-state index >= 15 is 0 Å². The molecule has 1 fully saturated rings. The first-order chi connectivity index (χ1) is 9.07. The number of hydrogen-bond donors (Lipinski definition) is 1. The van der Waals surface area contributed by atoms with Gasteiger partial charge in [-0.1, -0.05) is 24.4 Å². The Morgan fingerprint density at radius 1 is 1.26 bits per heavy atom. The lowest BCUT2D eigenvalue weighted by atomic mass is 9.87. The van der Waals surface area contributed by atoms with Crippen molar-refractivity contribution in [2.24, 2.45) is 5.73 Å². The van der Waals surface area contributed by atoms with E-state index in [0.717, 1.165) is 31.2 Å². The third kappa shape index (κ3) is 2.30. The van der Waals surface area contributed by atoms with Crippen LogP contribution in [0.15, 0.2) is 6.07 Å². The van der Waals surface area contributed by atoms with E-state index in [2.05, 4.69) is 0 Å². The van der Waals surface area contributed by atoms with Crippen molar-refractivity contribution in [2.75, 3.05) is 14.2 Å².